The molecule has 21 heavy (non-hydrogen) atoms. The summed E-state index contributed by atoms with van der Waals surface area (Å²) in [7, 11) is 0. The summed E-state index contributed by atoms with van der Waals surface area (Å²) in [4.78, 5) is 3.32. The van der Waals surface area contributed by atoms with Crippen molar-refractivity contribution in [3.05, 3.63) is 52.7 Å². The lowest BCUT2D eigenvalue weighted by atomic mass is 10.1. The summed E-state index contributed by atoms with van der Waals surface area (Å²) in [6, 6.07) is 5.55. The van der Waals surface area contributed by atoms with Crippen LogP contribution in [0.25, 0.3) is 11.3 Å². The molecule has 0 fully saturated rings. The number of aromatic nitrogens is 1. The third-order valence-corrected chi connectivity index (χ3v) is 2.78. The van der Waals surface area contributed by atoms with E-state index in [-0.39, 0.29) is 16.3 Å². The second-order valence-electron chi connectivity index (χ2n) is 4.13. The molecular weight excluding hydrogens is 320 g/mol. The zero-order chi connectivity index (χ0) is 15.8. The molecule has 1 heterocycles. The van der Waals surface area contributed by atoms with Gasteiger partial charge in [0.15, 0.2) is 0 Å². The Hall–Kier alpha value is -1.76. The van der Waals surface area contributed by atoms with Gasteiger partial charge in [0.25, 0.3) is 0 Å². The highest BCUT2D eigenvalue weighted by molar-refractivity contribution is 6.30. The van der Waals surface area contributed by atoms with Gasteiger partial charge in [-0.2, -0.15) is 26.3 Å². The largest absolute Gasteiger partial charge is 0.433 e. The van der Waals surface area contributed by atoms with Crippen LogP contribution in [-0.2, 0) is 12.4 Å². The summed E-state index contributed by atoms with van der Waals surface area (Å²) < 4.78 is 75.7. The summed E-state index contributed by atoms with van der Waals surface area (Å²) in [5, 5.41) is -0.260. The number of nitrogens with zero attached hydrogens (tertiary/aromatic N) is 1. The normalized spacial score (nSPS) is 12.5. The highest BCUT2D eigenvalue weighted by Gasteiger charge is 2.34. The maximum Gasteiger partial charge on any atom is 0.433 e. The lowest BCUT2D eigenvalue weighted by Crippen LogP contribution is -2.09. The van der Waals surface area contributed by atoms with Gasteiger partial charge in [-0.05, 0) is 24.3 Å². The molecule has 0 amide bonds. The van der Waals surface area contributed by atoms with Gasteiger partial charge < -0.3 is 0 Å². The Bertz CT molecular complexity index is 662. The molecule has 0 bridgehead atoms. The average Bonchev–Trinajstić information content (AvgIpc) is 2.36. The van der Waals surface area contributed by atoms with Crippen LogP contribution < -0.4 is 0 Å². The predicted molar refractivity (Wildman–Crippen MR) is 64.7 cm³/mol. The van der Waals surface area contributed by atoms with Crippen LogP contribution in [0.1, 0.15) is 11.3 Å². The Kier molecular flexibility index (Phi) is 3.88. The molecule has 0 aliphatic rings. The molecule has 2 rings (SSSR count). The summed E-state index contributed by atoms with van der Waals surface area (Å²) >= 11 is 5.57. The van der Waals surface area contributed by atoms with Crippen LogP contribution in [0.4, 0.5) is 26.3 Å². The fourth-order valence-electron chi connectivity index (χ4n) is 1.65. The van der Waals surface area contributed by atoms with Crippen molar-refractivity contribution in [3.63, 3.8) is 0 Å². The van der Waals surface area contributed by atoms with E-state index in [4.69, 9.17) is 11.6 Å². The third-order valence-electron chi connectivity index (χ3n) is 2.57. The number of hydrogen-bond acceptors (Lipinski definition) is 1. The Morgan fingerprint density at radius 2 is 1.52 bits per heavy atom. The van der Waals surface area contributed by atoms with Gasteiger partial charge in [-0.3, -0.25) is 0 Å². The molecule has 0 atom stereocenters. The molecule has 1 nitrogen and oxygen atoms in total. The number of hydrogen-bond donors (Lipinski definition) is 0. The molecule has 0 aliphatic heterocycles. The molecule has 0 unspecified atom stereocenters. The van der Waals surface area contributed by atoms with Gasteiger partial charge in [-0.15, -0.1) is 0 Å². The highest BCUT2D eigenvalue weighted by Crippen LogP contribution is 2.34. The van der Waals surface area contributed by atoms with Crippen molar-refractivity contribution in [2.75, 3.05) is 0 Å². The number of pyridine rings is 1. The standard InChI is InChI=1S/C13H6ClF6N/c14-9-5-10(21-11(6-9)13(18,19)20)7-2-1-3-8(4-7)12(15,16)17/h1-6H. The smallest absolute Gasteiger partial charge is 0.243 e. The minimum absolute atomic E-state index is 0.0992. The van der Waals surface area contributed by atoms with E-state index < -0.39 is 23.6 Å². The van der Waals surface area contributed by atoms with Gasteiger partial charge in [0.2, 0.25) is 0 Å². The van der Waals surface area contributed by atoms with Crippen LogP contribution in [0, 0.1) is 0 Å². The Morgan fingerprint density at radius 3 is 2.10 bits per heavy atom. The predicted octanol–water partition coefficient (Wildman–Crippen LogP) is 5.44. The SMILES string of the molecule is FC(F)(F)c1cccc(-c2cc(Cl)cc(C(F)(F)F)n2)c1. The van der Waals surface area contributed by atoms with Crippen LogP contribution in [0.15, 0.2) is 36.4 Å². The van der Waals surface area contributed by atoms with Gasteiger partial charge in [0.1, 0.15) is 5.69 Å². The number of halogens is 7. The quantitative estimate of drug-likeness (QED) is 0.636. The van der Waals surface area contributed by atoms with E-state index in [0.29, 0.717) is 6.07 Å². The summed E-state index contributed by atoms with van der Waals surface area (Å²) in [6.45, 7) is 0. The maximum absolute atomic E-state index is 12.6. The van der Waals surface area contributed by atoms with Gasteiger partial charge in [-0.1, -0.05) is 23.7 Å². The summed E-state index contributed by atoms with van der Waals surface area (Å²) in [5.41, 5.74) is -2.61. The van der Waals surface area contributed by atoms with Crippen LogP contribution in [0.3, 0.4) is 0 Å². The lowest BCUT2D eigenvalue weighted by Gasteiger charge is -2.11. The van der Waals surface area contributed by atoms with Crippen LogP contribution >= 0.6 is 11.6 Å². The molecule has 1 aromatic heterocycles. The van der Waals surface area contributed by atoms with E-state index in [1.165, 1.54) is 6.07 Å². The first-order valence-electron chi connectivity index (χ1n) is 5.50. The molecule has 0 N–H and O–H groups in total. The minimum Gasteiger partial charge on any atom is -0.243 e. The van der Waals surface area contributed by atoms with Crippen molar-refractivity contribution in [1.82, 2.24) is 4.98 Å². The Labute approximate surface area is 120 Å². The monoisotopic (exact) mass is 325 g/mol. The van der Waals surface area contributed by atoms with Crippen molar-refractivity contribution in [3.8, 4) is 11.3 Å². The van der Waals surface area contributed by atoms with E-state index >= 15 is 0 Å². The maximum atomic E-state index is 12.6. The van der Waals surface area contributed by atoms with Crippen molar-refractivity contribution < 1.29 is 26.3 Å². The fourth-order valence-corrected chi connectivity index (χ4v) is 1.85. The number of benzene rings is 1. The third kappa shape index (κ3) is 3.66. The minimum atomic E-state index is -4.73. The highest BCUT2D eigenvalue weighted by atomic mass is 35.5. The summed E-state index contributed by atoms with van der Waals surface area (Å²) in [5.74, 6) is 0. The topological polar surface area (TPSA) is 12.9 Å². The van der Waals surface area contributed by atoms with Crippen LogP contribution in [0.5, 0.6) is 0 Å². The molecular formula is C13H6ClF6N. The molecule has 0 spiro atoms. The second kappa shape index (κ2) is 5.22. The zero-order valence-corrected chi connectivity index (χ0v) is 10.8. The van der Waals surface area contributed by atoms with E-state index in [1.807, 2.05) is 0 Å². The number of alkyl halides is 6. The molecule has 112 valence electrons. The molecule has 8 heteroatoms. The Balaban J connectivity index is 2.55. The second-order valence-corrected chi connectivity index (χ2v) is 4.57. The molecule has 0 radical (unpaired) electrons. The van der Waals surface area contributed by atoms with E-state index in [9.17, 15) is 26.3 Å². The van der Waals surface area contributed by atoms with E-state index in [1.54, 1.807) is 0 Å². The number of rotatable bonds is 1. The van der Waals surface area contributed by atoms with Gasteiger partial charge in [0.05, 0.1) is 11.3 Å². The molecule has 0 saturated carbocycles. The average molecular weight is 326 g/mol. The van der Waals surface area contributed by atoms with Crippen molar-refractivity contribution in [1.29, 1.82) is 0 Å². The Morgan fingerprint density at radius 1 is 0.857 bits per heavy atom. The molecule has 0 saturated heterocycles. The fraction of sp³-hybridized carbons (Fsp3) is 0.154. The first kappa shape index (κ1) is 15.6. The lowest BCUT2D eigenvalue weighted by molar-refractivity contribution is -0.141. The van der Waals surface area contributed by atoms with Crippen LogP contribution in [-0.4, -0.2) is 4.98 Å². The first-order chi connectivity index (χ1) is 9.57. The van der Waals surface area contributed by atoms with Gasteiger partial charge in [-0.25, -0.2) is 4.98 Å². The van der Waals surface area contributed by atoms with Crippen molar-refractivity contribution in [2.45, 2.75) is 12.4 Å². The summed E-state index contributed by atoms with van der Waals surface area (Å²) in [6.07, 6.45) is -9.33. The van der Waals surface area contributed by atoms with Crippen molar-refractivity contribution in [2.24, 2.45) is 0 Å². The van der Waals surface area contributed by atoms with Gasteiger partial charge in [0, 0.05) is 10.6 Å². The van der Waals surface area contributed by atoms with E-state index in [2.05, 4.69) is 4.98 Å². The van der Waals surface area contributed by atoms with Crippen LogP contribution in [0.2, 0.25) is 5.02 Å². The molecule has 2 aromatic rings. The first-order valence-corrected chi connectivity index (χ1v) is 5.87. The zero-order valence-electron chi connectivity index (χ0n) is 10.1. The van der Waals surface area contributed by atoms with Gasteiger partial charge >= 0.3 is 12.4 Å². The van der Waals surface area contributed by atoms with E-state index in [0.717, 1.165) is 24.3 Å². The molecule has 1 aromatic carbocycles. The molecule has 0 aliphatic carbocycles. The van der Waals surface area contributed by atoms with Crippen molar-refractivity contribution >= 4 is 11.6 Å².